The van der Waals surface area contributed by atoms with Gasteiger partial charge in [0, 0.05) is 5.69 Å². The van der Waals surface area contributed by atoms with E-state index in [1.54, 1.807) is 13.2 Å². The number of benzene rings is 2. The molecule has 4 heteroatoms. The molecule has 0 aromatic heterocycles. The fourth-order valence-electron chi connectivity index (χ4n) is 1.83. The standard InChI is InChI=1S/C15H13FN2O/c1-10-7-13(4-6-15(10)19-2)18-14-5-3-12(16)8-11(14)9-17/h3-8,18H,1-2H3. The minimum Gasteiger partial charge on any atom is -0.496 e. The van der Waals surface area contributed by atoms with Crippen molar-refractivity contribution in [3.63, 3.8) is 0 Å². The van der Waals surface area contributed by atoms with E-state index in [4.69, 9.17) is 10.00 Å². The average molecular weight is 256 g/mol. The zero-order valence-corrected chi connectivity index (χ0v) is 10.7. The molecule has 2 rings (SSSR count). The maximum Gasteiger partial charge on any atom is 0.124 e. The fraction of sp³-hybridized carbons (Fsp3) is 0.133. The molecule has 19 heavy (non-hydrogen) atoms. The zero-order chi connectivity index (χ0) is 13.8. The van der Waals surface area contributed by atoms with Crippen LogP contribution < -0.4 is 10.1 Å². The molecule has 3 nitrogen and oxygen atoms in total. The lowest BCUT2D eigenvalue weighted by Crippen LogP contribution is -1.95. The second-order valence-electron chi connectivity index (χ2n) is 4.11. The zero-order valence-electron chi connectivity index (χ0n) is 10.7. The summed E-state index contributed by atoms with van der Waals surface area (Å²) >= 11 is 0. The Balaban J connectivity index is 2.31. The lowest BCUT2D eigenvalue weighted by atomic mass is 10.1. The third-order valence-corrected chi connectivity index (χ3v) is 2.78. The number of hydrogen-bond donors (Lipinski definition) is 1. The first-order valence-electron chi connectivity index (χ1n) is 5.75. The topological polar surface area (TPSA) is 45.0 Å². The van der Waals surface area contributed by atoms with Gasteiger partial charge in [0.15, 0.2) is 0 Å². The van der Waals surface area contributed by atoms with Gasteiger partial charge in [-0.1, -0.05) is 0 Å². The summed E-state index contributed by atoms with van der Waals surface area (Å²) in [6, 6.07) is 11.6. The number of rotatable bonds is 3. The van der Waals surface area contributed by atoms with Crippen LogP contribution in [-0.4, -0.2) is 7.11 Å². The Morgan fingerprint density at radius 2 is 2.00 bits per heavy atom. The van der Waals surface area contributed by atoms with Gasteiger partial charge in [-0.15, -0.1) is 0 Å². The molecule has 0 aliphatic heterocycles. The van der Waals surface area contributed by atoms with Crippen molar-refractivity contribution in [2.45, 2.75) is 6.92 Å². The highest BCUT2D eigenvalue weighted by Crippen LogP contribution is 2.26. The first-order valence-corrected chi connectivity index (χ1v) is 5.75. The minimum atomic E-state index is -0.423. The van der Waals surface area contributed by atoms with Crippen LogP contribution in [0.4, 0.5) is 15.8 Å². The highest BCUT2D eigenvalue weighted by molar-refractivity contribution is 5.67. The second kappa shape index (κ2) is 5.40. The van der Waals surface area contributed by atoms with Crippen LogP contribution in [0.5, 0.6) is 5.75 Å². The summed E-state index contributed by atoms with van der Waals surface area (Å²) < 4.78 is 18.2. The Bertz CT molecular complexity index is 647. The van der Waals surface area contributed by atoms with Crippen LogP contribution in [0.1, 0.15) is 11.1 Å². The molecular weight excluding hydrogens is 243 g/mol. The predicted molar refractivity (Wildman–Crippen MR) is 72.1 cm³/mol. The molecule has 0 atom stereocenters. The Morgan fingerprint density at radius 1 is 1.21 bits per heavy atom. The van der Waals surface area contributed by atoms with E-state index in [0.29, 0.717) is 5.69 Å². The SMILES string of the molecule is COc1ccc(Nc2ccc(F)cc2C#N)cc1C. The van der Waals surface area contributed by atoms with E-state index in [2.05, 4.69) is 5.32 Å². The van der Waals surface area contributed by atoms with E-state index in [1.165, 1.54) is 12.1 Å². The van der Waals surface area contributed by atoms with Crippen molar-refractivity contribution in [1.82, 2.24) is 0 Å². The van der Waals surface area contributed by atoms with Gasteiger partial charge in [0.2, 0.25) is 0 Å². The van der Waals surface area contributed by atoms with Gasteiger partial charge in [-0.05, 0) is 48.9 Å². The van der Waals surface area contributed by atoms with Gasteiger partial charge < -0.3 is 10.1 Å². The third-order valence-electron chi connectivity index (χ3n) is 2.78. The normalized spacial score (nSPS) is 9.79. The molecule has 0 saturated carbocycles. The molecule has 0 fully saturated rings. The number of aryl methyl sites for hydroxylation is 1. The Labute approximate surface area is 111 Å². The number of nitrogens with one attached hydrogen (secondary N) is 1. The van der Waals surface area contributed by atoms with Gasteiger partial charge >= 0.3 is 0 Å². The van der Waals surface area contributed by atoms with E-state index >= 15 is 0 Å². The van der Waals surface area contributed by atoms with Gasteiger partial charge in [-0.2, -0.15) is 5.26 Å². The van der Waals surface area contributed by atoms with Crippen molar-refractivity contribution in [2.24, 2.45) is 0 Å². The van der Waals surface area contributed by atoms with Gasteiger partial charge in [0.05, 0.1) is 18.4 Å². The van der Waals surface area contributed by atoms with Crippen LogP contribution in [0.2, 0.25) is 0 Å². The van der Waals surface area contributed by atoms with Crippen molar-refractivity contribution in [1.29, 1.82) is 5.26 Å². The molecule has 2 aromatic carbocycles. The number of anilines is 2. The molecule has 1 N–H and O–H groups in total. The maximum atomic E-state index is 13.0. The Morgan fingerprint density at radius 3 is 2.63 bits per heavy atom. The largest absolute Gasteiger partial charge is 0.496 e. The summed E-state index contributed by atoms with van der Waals surface area (Å²) in [5, 5.41) is 12.1. The molecule has 0 amide bonds. The average Bonchev–Trinajstić information content (AvgIpc) is 2.41. The summed E-state index contributed by atoms with van der Waals surface area (Å²) in [5.74, 6) is 0.373. The minimum absolute atomic E-state index is 0.272. The number of hydrogen-bond acceptors (Lipinski definition) is 3. The van der Waals surface area contributed by atoms with E-state index in [0.717, 1.165) is 17.0 Å². The van der Waals surface area contributed by atoms with E-state index < -0.39 is 5.82 Å². The molecule has 0 aliphatic carbocycles. The number of nitriles is 1. The lowest BCUT2D eigenvalue weighted by molar-refractivity contribution is 0.412. The van der Waals surface area contributed by atoms with Gasteiger partial charge in [0.25, 0.3) is 0 Å². The van der Waals surface area contributed by atoms with Crippen LogP contribution in [-0.2, 0) is 0 Å². The number of halogens is 1. The molecule has 0 saturated heterocycles. The van der Waals surface area contributed by atoms with Crippen LogP contribution >= 0.6 is 0 Å². The van der Waals surface area contributed by atoms with Crippen LogP contribution in [0.15, 0.2) is 36.4 Å². The maximum absolute atomic E-state index is 13.0. The molecular formula is C15H13FN2O. The lowest BCUT2D eigenvalue weighted by Gasteiger charge is -2.11. The molecule has 0 heterocycles. The molecule has 0 radical (unpaired) electrons. The molecule has 96 valence electrons. The summed E-state index contributed by atoms with van der Waals surface area (Å²) in [4.78, 5) is 0. The van der Waals surface area contributed by atoms with Crippen molar-refractivity contribution in [3.05, 3.63) is 53.3 Å². The first kappa shape index (κ1) is 12.9. The molecule has 0 bridgehead atoms. The summed E-state index contributed by atoms with van der Waals surface area (Å²) in [5.41, 5.74) is 2.65. The van der Waals surface area contributed by atoms with E-state index in [-0.39, 0.29) is 5.56 Å². The Kier molecular flexibility index (Phi) is 3.67. The summed E-state index contributed by atoms with van der Waals surface area (Å²) in [7, 11) is 1.61. The molecule has 0 unspecified atom stereocenters. The molecule has 0 aliphatic rings. The highest BCUT2D eigenvalue weighted by Gasteiger charge is 2.05. The number of ether oxygens (including phenoxy) is 1. The van der Waals surface area contributed by atoms with E-state index in [1.807, 2.05) is 31.2 Å². The predicted octanol–water partition coefficient (Wildman–Crippen LogP) is 3.76. The second-order valence-corrected chi connectivity index (χ2v) is 4.11. The van der Waals surface area contributed by atoms with Gasteiger partial charge in [0.1, 0.15) is 17.6 Å². The van der Waals surface area contributed by atoms with Crippen LogP contribution in [0, 0.1) is 24.1 Å². The van der Waals surface area contributed by atoms with Gasteiger partial charge in [-0.25, -0.2) is 4.39 Å². The smallest absolute Gasteiger partial charge is 0.124 e. The van der Waals surface area contributed by atoms with E-state index in [9.17, 15) is 4.39 Å². The van der Waals surface area contributed by atoms with Crippen molar-refractivity contribution in [2.75, 3.05) is 12.4 Å². The van der Waals surface area contributed by atoms with Gasteiger partial charge in [-0.3, -0.25) is 0 Å². The van der Waals surface area contributed by atoms with Crippen molar-refractivity contribution >= 4 is 11.4 Å². The monoisotopic (exact) mass is 256 g/mol. The van der Waals surface area contributed by atoms with Crippen molar-refractivity contribution in [3.8, 4) is 11.8 Å². The quantitative estimate of drug-likeness (QED) is 0.909. The molecule has 0 spiro atoms. The van der Waals surface area contributed by atoms with Crippen LogP contribution in [0.25, 0.3) is 0 Å². The molecule has 2 aromatic rings. The third kappa shape index (κ3) is 2.83. The first-order chi connectivity index (χ1) is 9.13. The van der Waals surface area contributed by atoms with Crippen molar-refractivity contribution < 1.29 is 9.13 Å². The fourth-order valence-corrected chi connectivity index (χ4v) is 1.83. The number of nitrogens with zero attached hydrogens (tertiary/aromatic N) is 1. The number of methoxy groups -OCH3 is 1. The Hall–Kier alpha value is -2.54. The summed E-state index contributed by atoms with van der Waals surface area (Å²) in [6.07, 6.45) is 0. The highest BCUT2D eigenvalue weighted by atomic mass is 19.1. The summed E-state index contributed by atoms with van der Waals surface area (Å²) in [6.45, 7) is 1.93. The van der Waals surface area contributed by atoms with Crippen LogP contribution in [0.3, 0.4) is 0 Å².